The van der Waals surface area contributed by atoms with E-state index in [0.717, 1.165) is 6.26 Å². The molecule has 0 saturated carbocycles. The Balaban J connectivity index is 3.05. The van der Waals surface area contributed by atoms with Gasteiger partial charge in [-0.1, -0.05) is 0 Å². The van der Waals surface area contributed by atoms with Gasteiger partial charge in [0.25, 0.3) is 0 Å². The summed E-state index contributed by atoms with van der Waals surface area (Å²) in [5.74, 6) is -10.4. The molecular weight excluding hydrogens is 319 g/mol. The molecule has 1 aromatic carbocycles. The highest BCUT2D eigenvalue weighted by atomic mass is 32.2. The van der Waals surface area contributed by atoms with Crippen LogP contribution in [0.1, 0.15) is 13.8 Å². The first kappa shape index (κ1) is 17.6. The van der Waals surface area contributed by atoms with Gasteiger partial charge in [-0.25, -0.2) is 35.1 Å². The van der Waals surface area contributed by atoms with Crippen LogP contribution in [-0.4, -0.2) is 26.8 Å². The van der Waals surface area contributed by atoms with Crippen molar-refractivity contribution in [1.29, 1.82) is 0 Å². The number of benzene rings is 1. The molecule has 0 aliphatic heterocycles. The molecule has 0 fully saturated rings. The molecule has 0 spiro atoms. The predicted molar refractivity (Wildman–Crippen MR) is 66.8 cm³/mol. The third-order valence-electron chi connectivity index (χ3n) is 2.38. The Morgan fingerprint density at radius 1 is 0.905 bits per heavy atom. The fourth-order valence-corrected chi connectivity index (χ4v) is 2.68. The first-order valence-electron chi connectivity index (χ1n) is 5.60. The average molecular weight is 332 g/mol. The van der Waals surface area contributed by atoms with Crippen LogP contribution in [0.5, 0.6) is 0 Å². The summed E-state index contributed by atoms with van der Waals surface area (Å²) in [6.07, 6.45) is 0.868. The molecule has 0 saturated heterocycles. The summed E-state index contributed by atoms with van der Waals surface area (Å²) in [4.78, 5) is 0. The number of nitrogens with one attached hydrogen (secondary N) is 2. The first-order chi connectivity index (χ1) is 9.36. The quantitative estimate of drug-likeness (QED) is 0.493. The van der Waals surface area contributed by atoms with E-state index in [9.17, 15) is 30.4 Å². The molecule has 0 unspecified atom stereocenters. The van der Waals surface area contributed by atoms with Crippen LogP contribution >= 0.6 is 0 Å². The third kappa shape index (κ3) is 4.27. The van der Waals surface area contributed by atoms with Gasteiger partial charge in [0, 0.05) is 12.1 Å². The highest BCUT2D eigenvalue weighted by molar-refractivity contribution is 7.88. The average Bonchev–Trinajstić information content (AvgIpc) is 2.31. The summed E-state index contributed by atoms with van der Waals surface area (Å²) in [6.45, 7) is 2.33. The lowest BCUT2D eigenvalue weighted by molar-refractivity contribution is 0.380. The molecule has 0 bridgehead atoms. The second-order valence-corrected chi connectivity index (χ2v) is 6.81. The van der Waals surface area contributed by atoms with Crippen molar-refractivity contribution < 1.29 is 30.4 Å². The van der Waals surface area contributed by atoms with Crippen LogP contribution in [-0.2, 0) is 10.0 Å². The minimum atomic E-state index is -3.62. The monoisotopic (exact) mass is 332 g/mol. The minimum absolute atomic E-state index is 0.404. The van der Waals surface area contributed by atoms with Crippen LogP contribution in [0.25, 0.3) is 0 Å². The topological polar surface area (TPSA) is 58.2 Å². The number of halogens is 5. The Bertz CT molecular complexity index is 632. The number of anilines is 1. The number of hydrogen-bond donors (Lipinski definition) is 2. The summed E-state index contributed by atoms with van der Waals surface area (Å²) in [7, 11) is -3.62. The minimum Gasteiger partial charge on any atom is -0.378 e. The van der Waals surface area contributed by atoms with Crippen molar-refractivity contribution in [1.82, 2.24) is 4.72 Å². The fourth-order valence-electron chi connectivity index (χ4n) is 1.61. The molecule has 1 rings (SSSR count). The lowest BCUT2D eigenvalue weighted by Crippen LogP contribution is -2.48. The Kier molecular flexibility index (Phi) is 4.83. The highest BCUT2D eigenvalue weighted by Gasteiger charge is 2.28. The van der Waals surface area contributed by atoms with E-state index in [1.807, 2.05) is 5.32 Å². The molecule has 0 aromatic heterocycles. The molecule has 0 amide bonds. The van der Waals surface area contributed by atoms with Crippen molar-refractivity contribution in [2.45, 2.75) is 19.4 Å². The van der Waals surface area contributed by atoms with Gasteiger partial charge in [-0.05, 0) is 13.8 Å². The Morgan fingerprint density at radius 2 is 1.29 bits per heavy atom. The van der Waals surface area contributed by atoms with Crippen molar-refractivity contribution in [2.75, 3.05) is 18.1 Å². The maximum atomic E-state index is 13.4. The summed E-state index contributed by atoms with van der Waals surface area (Å²) in [5.41, 5.74) is -2.43. The fraction of sp³-hybridized carbons (Fsp3) is 0.455. The molecule has 4 nitrogen and oxygen atoms in total. The second kappa shape index (κ2) is 5.76. The zero-order chi connectivity index (χ0) is 16.6. The standard InChI is InChI=1S/C11H13F5N2O2S/c1-11(2,18-21(3,19)20)4-17-10-8(15)6(13)5(12)7(14)9(10)16/h17-18H,4H2,1-3H3. The molecule has 0 atom stereocenters. The van der Waals surface area contributed by atoms with Crippen LogP contribution in [0.3, 0.4) is 0 Å². The molecule has 0 aliphatic rings. The van der Waals surface area contributed by atoms with Crippen molar-refractivity contribution in [3.05, 3.63) is 29.1 Å². The largest absolute Gasteiger partial charge is 0.378 e. The Labute approximate surface area is 118 Å². The summed E-state index contributed by atoms with van der Waals surface area (Å²) in [5, 5.41) is 2.03. The van der Waals surface area contributed by atoms with Gasteiger partial charge >= 0.3 is 0 Å². The van der Waals surface area contributed by atoms with E-state index >= 15 is 0 Å². The molecule has 0 heterocycles. The Hall–Kier alpha value is -1.42. The van der Waals surface area contributed by atoms with Crippen molar-refractivity contribution in [2.24, 2.45) is 0 Å². The van der Waals surface area contributed by atoms with Gasteiger partial charge in [-0.2, -0.15) is 0 Å². The summed E-state index contributed by atoms with van der Waals surface area (Å²) >= 11 is 0. The van der Waals surface area contributed by atoms with E-state index in [0.29, 0.717) is 0 Å². The molecule has 2 N–H and O–H groups in total. The highest BCUT2D eigenvalue weighted by Crippen LogP contribution is 2.27. The molecule has 120 valence electrons. The maximum Gasteiger partial charge on any atom is 0.209 e. The van der Waals surface area contributed by atoms with Crippen molar-refractivity contribution in [3.8, 4) is 0 Å². The van der Waals surface area contributed by atoms with E-state index in [4.69, 9.17) is 0 Å². The van der Waals surface area contributed by atoms with Gasteiger partial charge in [0.15, 0.2) is 23.3 Å². The van der Waals surface area contributed by atoms with Crippen LogP contribution in [0, 0.1) is 29.1 Å². The van der Waals surface area contributed by atoms with Gasteiger partial charge in [0.1, 0.15) is 5.69 Å². The lowest BCUT2D eigenvalue weighted by Gasteiger charge is -2.26. The Morgan fingerprint density at radius 3 is 1.67 bits per heavy atom. The van der Waals surface area contributed by atoms with Crippen LogP contribution in [0.2, 0.25) is 0 Å². The van der Waals surface area contributed by atoms with Crippen molar-refractivity contribution >= 4 is 15.7 Å². The van der Waals surface area contributed by atoms with E-state index in [2.05, 4.69) is 4.72 Å². The lowest BCUT2D eigenvalue weighted by atomic mass is 10.1. The molecular formula is C11H13F5N2O2S. The number of sulfonamides is 1. The van der Waals surface area contributed by atoms with E-state index in [1.54, 1.807) is 0 Å². The third-order valence-corrected chi connectivity index (χ3v) is 3.30. The molecule has 0 aliphatic carbocycles. The predicted octanol–water partition coefficient (Wildman–Crippen LogP) is 2.12. The summed E-state index contributed by atoms with van der Waals surface area (Å²) < 4.78 is 89.9. The molecule has 1 aromatic rings. The van der Waals surface area contributed by atoms with Crippen molar-refractivity contribution in [3.63, 3.8) is 0 Å². The first-order valence-corrected chi connectivity index (χ1v) is 7.49. The van der Waals surface area contributed by atoms with Gasteiger partial charge in [0.05, 0.1) is 6.26 Å². The number of hydrogen-bond acceptors (Lipinski definition) is 3. The molecule has 21 heavy (non-hydrogen) atoms. The molecule has 10 heteroatoms. The van der Waals surface area contributed by atoms with Gasteiger partial charge < -0.3 is 5.32 Å². The molecule has 0 radical (unpaired) electrons. The van der Waals surface area contributed by atoms with Gasteiger partial charge in [-0.15, -0.1) is 0 Å². The smallest absolute Gasteiger partial charge is 0.209 e. The van der Waals surface area contributed by atoms with E-state index in [-0.39, 0.29) is 0 Å². The summed E-state index contributed by atoms with van der Waals surface area (Å²) in [6, 6.07) is 0. The second-order valence-electron chi connectivity index (χ2n) is 5.06. The van der Waals surface area contributed by atoms with Crippen LogP contribution in [0.15, 0.2) is 0 Å². The van der Waals surface area contributed by atoms with Gasteiger partial charge in [-0.3, -0.25) is 0 Å². The SMILES string of the molecule is CC(C)(CNc1c(F)c(F)c(F)c(F)c1F)NS(C)(=O)=O. The number of rotatable bonds is 5. The maximum absolute atomic E-state index is 13.4. The zero-order valence-electron chi connectivity index (χ0n) is 11.3. The normalized spacial score (nSPS) is 12.6. The van der Waals surface area contributed by atoms with Crippen LogP contribution in [0.4, 0.5) is 27.6 Å². The van der Waals surface area contributed by atoms with Crippen LogP contribution < -0.4 is 10.0 Å². The zero-order valence-corrected chi connectivity index (χ0v) is 12.1. The van der Waals surface area contributed by atoms with E-state index in [1.165, 1.54) is 13.8 Å². The van der Waals surface area contributed by atoms with E-state index < -0.39 is 56.9 Å². The van der Waals surface area contributed by atoms with Gasteiger partial charge in [0.2, 0.25) is 15.8 Å².